The van der Waals surface area contributed by atoms with Gasteiger partial charge in [0.1, 0.15) is 12.3 Å². The van der Waals surface area contributed by atoms with E-state index in [4.69, 9.17) is 9.84 Å². The van der Waals surface area contributed by atoms with Gasteiger partial charge in [-0.3, -0.25) is 4.79 Å². The third-order valence-electron chi connectivity index (χ3n) is 6.12. The van der Waals surface area contributed by atoms with E-state index in [1.807, 2.05) is 24.3 Å². The summed E-state index contributed by atoms with van der Waals surface area (Å²) in [7, 11) is 0. The van der Waals surface area contributed by atoms with Crippen LogP contribution in [0.3, 0.4) is 0 Å². The summed E-state index contributed by atoms with van der Waals surface area (Å²) in [6.45, 7) is 2.44. The first-order valence-electron chi connectivity index (χ1n) is 11.5. The average Bonchev–Trinajstić information content (AvgIpc) is 3.19. The Morgan fingerprint density at radius 1 is 1.00 bits per heavy atom. The number of hydrogen-bond acceptors (Lipinski definition) is 5. The summed E-state index contributed by atoms with van der Waals surface area (Å²) >= 11 is 0. The molecule has 0 saturated heterocycles. The number of aromatic carboxylic acids is 1. The number of alkyl carbamates (subject to hydrolysis) is 1. The standard InChI is InChI=1S/C27H27N3O5/c1-17(25(31)30-18-12-13-24(26(32)33)29-15-18)7-6-14-28-27(34)35-16-23-21-10-4-2-8-19(21)20-9-3-5-11-22(20)23/h2-5,8-13,15,17,23H,6-7,14,16H2,1H3,(H,28,34)(H,30,31)(H,32,33). The van der Waals surface area contributed by atoms with E-state index in [0.29, 0.717) is 25.1 Å². The highest BCUT2D eigenvalue weighted by Gasteiger charge is 2.29. The first kappa shape index (κ1) is 23.9. The molecule has 1 heterocycles. The third-order valence-corrected chi connectivity index (χ3v) is 6.12. The molecule has 4 rings (SSSR count). The minimum atomic E-state index is -1.12. The summed E-state index contributed by atoms with van der Waals surface area (Å²) in [6.07, 6.45) is 2.01. The van der Waals surface area contributed by atoms with Crippen LogP contribution in [-0.2, 0) is 9.53 Å². The Hall–Kier alpha value is -4.20. The highest BCUT2D eigenvalue weighted by Crippen LogP contribution is 2.44. The number of carboxylic acids is 1. The Balaban J connectivity index is 1.19. The highest BCUT2D eigenvalue weighted by atomic mass is 16.5. The molecule has 0 spiro atoms. The van der Waals surface area contributed by atoms with E-state index in [1.165, 1.54) is 29.5 Å². The van der Waals surface area contributed by atoms with Gasteiger partial charge in [-0.25, -0.2) is 14.6 Å². The normalized spacial score (nSPS) is 12.8. The monoisotopic (exact) mass is 473 g/mol. The maximum atomic E-state index is 12.3. The number of benzene rings is 2. The SMILES string of the molecule is CC(CCCNC(=O)OCC1c2ccccc2-c2ccccc21)C(=O)Nc1ccc(C(=O)O)nc1. The molecule has 2 aromatic carbocycles. The van der Waals surface area contributed by atoms with E-state index in [1.54, 1.807) is 6.92 Å². The van der Waals surface area contributed by atoms with Gasteiger partial charge in [0.2, 0.25) is 5.91 Å². The molecule has 1 aromatic heterocycles. The number of carbonyl (C=O) groups excluding carboxylic acids is 2. The number of hydrogen-bond donors (Lipinski definition) is 3. The van der Waals surface area contributed by atoms with E-state index >= 15 is 0 Å². The van der Waals surface area contributed by atoms with E-state index in [-0.39, 0.29) is 30.0 Å². The van der Waals surface area contributed by atoms with Crippen molar-refractivity contribution < 1.29 is 24.2 Å². The van der Waals surface area contributed by atoms with Crippen molar-refractivity contribution in [1.82, 2.24) is 10.3 Å². The van der Waals surface area contributed by atoms with Crippen LogP contribution in [-0.4, -0.2) is 41.2 Å². The molecule has 3 N–H and O–H groups in total. The molecule has 0 aliphatic heterocycles. The number of pyridine rings is 1. The minimum absolute atomic E-state index is 0.0101. The molecule has 0 radical (unpaired) electrons. The van der Waals surface area contributed by atoms with E-state index in [0.717, 1.165) is 11.1 Å². The zero-order valence-corrected chi connectivity index (χ0v) is 19.4. The van der Waals surface area contributed by atoms with Crippen molar-refractivity contribution in [2.75, 3.05) is 18.5 Å². The molecule has 35 heavy (non-hydrogen) atoms. The van der Waals surface area contributed by atoms with Gasteiger partial charge in [-0.1, -0.05) is 55.5 Å². The number of fused-ring (bicyclic) bond motifs is 3. The molecule has 180 valence electrons. The zero-order valence-electron chi connectivity index (χ0n) is 19.4. The maximum Gasteiger partial charge on any atom is 0.407 e. The first-order valence-corrected chi connectivity index (χ1v) is 11.5. The van der Waals surface area contributed by atoms with Crippen LogP contribution < -0.4 is 10.6 Å². The zero-order chi connectivity index (χ0) is 24.8. The summed E-state index contributed by atoms with van der Waals surface area (Å²) in [6, 6.07) is 19.2. The van der Waals surface area contributed by atoms with Gasteiger partial charge in [0.25, 0.3) is 0 Å². The van der Waals surface area contributed by atoms with Gasteiger partial charge >= 0.3 is 12.1 Å². The van der Waals surface area contributed by atoms with E-state index in [9.17, 15) is 14.4 Å². The molecule has 3 aromatic rings. The molecule has 1 atom stereocenters. The van der Waals surface area contributed by atoms with Crippen LogP contribution in [0, 0.1) is 5.92 Å². The molecule has 8 nitrogen and oxygen atoms in total. The van der Waals surface area contributed by atoms with Crippen LogP contribution in [0.1, 0.15) is 47.3 Å². The van der Waals surface area contributed by atoms with Crippen molar-refractivity contribution in [1.29, 1.82) is 0 Å². The number of anilines is 1. The van der Waals surface area contributed by atoms with Crippen LogP contribution in [0.15, 0.2) is 66.9 Å². The smallest absolute Gasteiger partial charge is 0.407 e. The summed E-state index contributed by atoms with van der Waals surface area (Å²) < 4.78 is 5.52. The van der Waals surface area contributed by atoms with Gasteiger partial charge in [-0.15, -0.1) is 0 Å². The number of ether oxygens (including phenoxy) is 1. The van der Waals surface area contributed by atoms with Crippen molar-refractivity contribution in [3.8, 4) is 11.1 Å². The van der Waals surface area contributed by atoms with Crippen molar-refractivity contribution in [3.63, 3.8) is 0 Å². The van der Waals surface area contributed by atoms with Crippen LogP contribution in [0.4, 0.5) is 10.5 Å². The van der Waals surface area contributed by atoms with Gasteiger partial charge in [0.05, 0.1) is 11.9 Å². The second-order valence-electron chi connectivity index (χ2n) is 8.52. The summed E-state index contributed by atoms with van der Waals surface area (Å²) in [5.74, 6) is -1.61. The fraction of sp³-hybridized carbons (Fsp3) is 0.259. The Morgan fingerprint density at radius 3 is 2.26 bits per heavy atom. The lowest BCUT2D eigenvalue weighted by Gasteiger charge is -2.15. The van der Waals surface area contributed by atoms with Crippen molar-refractivity contribution >= 4 is 23.7 Å². The van der Waals surface area contributed by atoms with Gasteiger partial charge in [0, 0.05) is 18.4 Å². The van der Waals surface area contributed by atoms with Gasteiger partial charge in [-0.2, -0.15) is 0 Å². The topological polar surface area (TPSA) is 118 Å². The van der Waals surface area contributed by atoms with E-state index in [2.05, 4.69) is 39.9 Å². The second kappa shape index (κ2) is 10.8. The van der Waals surface area contributed by atoms with Crippen molar-refractivity contribution in [2.45, 2.75) is 25.7 Å². The lowest BCUT2D eigenvalue weighted by Crippen LogP contribution is -2.28. The minimum Gasteiger partial charge on any atom is -0.477 e. The number of carbonyl (C=O) groups is 3. The summed E-state index contributed by atoms with van der Waals surface area (Å²) in [4.78, 5) is 39.2. The maximum absolute atomic E-state index is 12.3. The predicted molar refractivity (Wildman–Crippen MR) is 131 cm³/mol. The predicted octanol–water partition coefficient (Wildman–Crippen LogP) is 4.67. The van der Waals surface area contributed by atoms with Crippen molar-refractivity contribution in [2.24, 2.45) is 5.92 Å². The lowest BCUT2D eigenvalue weighted by atomic mass is 9.98. The van der Waals surface area contributed by atoms with Crippen LogP contribution in [0.2, 0.25) is 0 Å². The summed E-state index contributed by atoms with van der Waals surface area (Å²) in [5, 5.41) is 14.4. The molecular formula is C27H27N3O5. The lowest BCUT2D eigenvalue weighted by molar-refractivity contribution is -0.119. The van der Waals surface area contributed by atoms with Gasteiger partial charge < -0.3 is 20.5 Å². The number of nitrogens with zero attached hydrogens (tertiary/aromatic N) is 1. The molecule has 0 bridgehead atoms. The quantitative estimate of drug-likeness (QED) is 0.389. The number of carboxylic acid groups (broad SMARTS) is 1. The molecule has 2 amide bonds. The average molecular weight is 474 g/mol. The fourth-order valence-corrected chi connectivity index (χ4v) is 4.24. The van der Waals surface area contributed by atoms with E-state index < -0.39 is 12.1 Å². The Kier molecular flexibility index (Phi) is 7.40. The van der Waals surface area contributed by atoms with Gasteiger partial charge in [-0.05, 0) is 47.2 Å². The van der Waals surface area contributed by atoms with Crippen LogP contribution in [0.5, 0.6) is 0 Å². The fourth-order valence-electron chi connectivity index (χ4n) is 4.24. The first-order chi connectivity index (χ1) is 16.9. The van der Waals surface area contributed by atoms with Crippen LogP contribution >= 0.6 is 0 Å². The Bertz CT molecular complexity index is 1180. The van der Waals surface area contributed by atoms with Gasteiger partial charge in [0.15, 0.2) is 0 Å². The third kappa shape index (κ3) is 5.66. The highest BCUT2D eigenvalue weighted by molar-refractivity contribution is 5.92. The molecule has 8 heteroatoms. The number of aromatic nitrogens is 1. The Labute approximate surface area is 203 Å². The molecule has 1 unspecified atom stereocenters. The number of amides is 2. The summed E-state index contributed by atoms with van der Waals surface area (Å²) in [5.41, 5.74) is 5.03. The number of rotatable bonds is 9. The molecular weight excluding hydrogens is 446 g/mol. The molecule has 1 aliphatic carbocycles. The van der Waals surface area contributed by atoms with Crippen molar-refractivity contribution in [3.05, 3.63) is 83.7 Å². The second-order valence-corrected chi connectivity index (χ2v) is 8.52. The molecule has 0 fully saturated rings. The molecule has 1 aliphatic rings. The Morgan fingerprint density at radius 2 is 1.66 bits per heavy atom. The van der Waals surface area contributed by atoms with Crippen LogP contribution in [0.25, 0.3) is 11.1 Å². The molecule has 0 saturated carbocycles. The largest absolute Gasteiger partial charge is 0.477 e. The number of nitrogens with one attached hydrogen (secondary N) is 2.